The second-order valence-corrected chi connectivity index (χ2v) is 19.6. The summed E-state index contributed by atoms with van der Waals surface area (Å²) >= 11 is 0. The summed E-state index contributed by atoms with van der Waals surface area (Å²) in [6.07, 6.45) is 8.39. The molecule has 1 saturated heterocycles. The van der Waals surface area contributed by atoms with Crippen LogP contribution < -0.4 is 0 Å². The van der Waals surface area contributed by atoms with Crippen LogP contribution in [0.4, 0.5) is 0 Å². The third-order valence-corrected chi connectivity index (χ3v) is 16.2. The molecule has 190 valence electrons. The molecule has 1 heterocycles. The van der Waals surface area contributed by atoms with Gasteiger partial charge in [-0.25, -0.2) is 0 Å². The molecular weight excluding hydrogens is 428 g/mol. The average molecular weight is 479 g/mol. The fourth-order valence-corrected chi connectivity index (χ4v) is 10.3. The summed E-state index contributed by atoms with van der Waals surface area (Å²) in [5.41, 5.74) is 0.475. The number of ether oxygens (including phenoxy) is 2. The van der Waals surface area contributed by atoms with E-state index in [9.17, 15) is 5.11 Å². The van der Waals surface area contributed by atoms with E-state index >= 15 is 0 Å². The van der Waals surface area contributed by atoms with Gasteiger partial charge in [0.1, 0.15) is 0 Å². The highest BCUT2D eigenvalue weighted by atomic mass is 28.4. The summed E-state index contributed by atoms with van der Waals surface area (Å²) in [5, 5.41) is 10.8. The third kappa shape index (κ3) is 3.65. The van der Waals surface area contributed by atoms with E-state index in [0.717, 1.165) is 19.3 Å². The lowest BCUT2D eigenvalue weighted by molar-refractivity contribution is -0.191. The molecular formula is C28H50O4Si. The minimum Gasteiger partial charge on any atom is -0.413 e. The SMILES string of the molecule is CC1(C)O[C@@H]2C3C(CC[C@@]4(C)C3CC[C@@H]4O[Si](C)(C)C(C)(C)C)[C@@]3(C)CCC(O)CC3[C@H]2O1. The summed E-state index contributed by atoms with van der Waals surface area (Å²) < 4.78 is 20.6. The van der Waals surface area contributed by atoms with Crippen LogP contribution in [0.2, 0.25) is 18.1 Å². The number of aliphatic hydroxyl groups excluding tert-OH is 1. The average Bonchev–Trinajstić information content (AvgIpc) is 3.18. The van der Waals surface area contributed by atoms with Gasteiger partial charge < -0.3 is 19.0 Å². The van der Waals surface area contributed by atoms with Gasteiger partial charge in [-0.2, -0.15) is 0 Å². The Morgan fingerprint density at radius 2 is 1.42 bits per heavy atom. The Balaban J connectivity index is 1.49. The highest BCUT2D eigenvalue weighted by molar-refractivity contribution is 6.74. The summed E-state index contributed by atoms with van der Waals surface area (Å²) in [6, 6.07) is 0. The third-order valence-electron chi connectivity index (χ3n) is 11.7. The Kier molecular flexibility index (Phi) is 5.65. The van der Waals surface area contributed by atoms with E-state index in [2.05, 4.69) is 61.6 Å². The lowest BCUT2D eigenvalue weighted by Crippen LogP contribution is -2.63. The molecule has 5 unspecified atom stereocenters. The van der Waals surface area contributed by atoms with Crippen LogP contribution in [-0.4, -0.2) is 43.6 Å². The number of rotatable bonds is 2. The van der Waals surface area contributed by atoms with Crippen molar-refractivity contribution in [3.05, 3.63) is 0 Å². The van der Waals surface area contributed by atoms with E-state index in [1.807, 2.05) is 0 Å². The Morgan fingerprint density at radius 3 is 2.09 bits per heavy atom. The van der Waals surface area contributed by atoms with E-state index in [1.54, 1.807) is 0 Å². The zero-order chi connectivity index (χ0) is 24.2. The van der Waals surface area contributed by atoms with Gasteiger partial charge in [-0.15, -0.1) is 0 Å². The molecule has 5 heteroatoms. The van der Waals surface area contributed by atoms with Crippen LogP contribution in [0.15, 0.2) is 0 Å². The smallest absolute Gasteiger partial charge is 0.192 e. The molecule has 4 saturated carbocycles. The fourth-order valence-electron chi connectivity index (χ4n) is 8.84. The van der Waals surface area contributed by atoms with E-state index in [1.165, 1.54) is 25.7 Å². The second kappa shape index (κ2) is 7.54. The van der Waals surface area contributed by atoms with Crippen molar-refractivity contribution in [3.63, 3.8) is 0 Å². The molecule has 0 amide bonds. The van der Waals surface area contributed by atoms with Gasteiger partial charge in [0.05, 0.1) is 24.4 Å². The first-order valence-corrected chi connectivity index (χ1v) is 16.7. The Labute approximate surface area is 203 Å². The minimum absolute atomic E-state index is 0.115. The number of hydrogen-bond donors (Lipinski definition) is 1. The molecule has 0 bridgehead atoms. The Morgan fingerprint density at radius 1 is 0.818 bits per heavy atom. The molecule has 0 aromatic carbocycles. The summed E-state index contributed by atoms with van der Waals surface area (Å²) in [5.74, 6) is 1.72. The van der Waals surface area contributed by atoms with Crippen LogP contribution in [0.3, 0.4) is 0 Å². The molecule has 0 aromatic rings. The molecule has 1 N–H and O–H groups in total. The van der Waals surface area contributed by atoms with Crippen LogP contribution in [0.25, 0.3) is 0 Å². The fraction of sp³-hybridized carbons (Fsp3) is 1.00. The highest BCUT2D eigenvalue weighted by Gasteiger charge is 2.69. The zero-order valence-electron chi connectivity index (χ0n) is 22.7. The van der Waals surface area contributed by atoms with Crippen LogP contribution >= 0.6 is 0 Å². The lowest BCUT2D eigenvalue weighted by Gasteiger charge is -2.63. The standard InChI is InChI=1S/C28H50O4Si/c1-25(2,3)33(8,9)32-21-11-10-18-22-19(13-15-28(18,21)7)27(6)14-12-17(29)16-20(27)23-24(22)31-26(4,5)30-23/h17-24,29H,10-16H2,1-9H3/t17?,18?,19?,20?,21-,22?,23+,24+,27+,28-/m0/s1. The largest absolute Gasteiger partial charge is 0.413 e. The quantitative estimate of drug-likeness (QED) is 0.459. The van der Waals surface area contributed by atoms with Gasteiger partial charge in [0.2, 0.25) is 0 Å². The van der Waals surface area contributed by atoms with Gasteiger partial charge in [-0.1, -0.05) is 34.6 Å². The minimum atomic E-state index is -1.82. The summed E-state index contributed by atoms with van der Waals surface area (Å²) in [7, 11) is -1.82. The molecule has 5 rings (SSSR count). The van der Waals surface area contributed by atoms with Crippen molar-refractivity contribution in [2.45, 2.75) is 142 Å². The van der Waals surface area contributed by atoms with Crippen molar-refractivity contribution in [2.24, 2.45) is 34.5 Å². The molecule has 4 aliphatic carbocycles. The van der Waals surface area contributed by atoms with Crippen LogP contribution in [0.1, 0.15) is 93.4 Å². The zero-order valence-corrected chi connectivity index (χ0v) is 23.7. The maximum atomic E-state index is 10.6. The molecule has 33 heavy (non-hydrogen) atoms. The van der Waals surface area contributed by atoms with Gasteiger partial charge in [0.25, 0.3) is 0 Å². The lowest BCUT2D eigenvalue weighted by atomic mass is 9.43. The predicted molar refractivity (Wildman–Crippen MR) is 134 cm³/mol. The number of aliphatic hydroxyl groups is 1. The van der Waals surface area contributed by atoms with Crippen molar-refractivity contribution in [1.29, 1.82) is 0 Å². The van der Waals surface area contributed by atoms with Crippen LogP contribution in [-0.2, 0) is 13.9 Å². The van der Waals surface area contributed by atoms with Crippen molar-refractivity contribution < 1.29 is 19.0 Å². The molecule has 4 nitrogen and oxygen atoms in total. The Hall–Kier alpha value is 0.0569. The predicted octanol–water partition coefficient (Wildman–Crippen LogP) is 6.52. The first kappa shape index (κ1) is 24.7. The normalized spacial score (nSPS) is 51.5. The van der Waals surface area contributed by atoms with Crippen molar-refractivity contribution >= 4 is 8.32 Å². The topological polar surface area (TPSA) is 47.9 Å². The molecule has 0 radical (unpaired) electrons. The van der Waals surface area contributed by atoms with Crippen LogP contribution in [0.5, 0.6) is 0 Å². The van der Waals surface area contributed by atoms with E-state index in [0.29, 0.717) is 29.8 Å². The second-order valence-electron chi connectivity index (χ2n) is 14.9. The van der Waals surface area contributed by atoms with Gasteiger partial charge in [0, 0.05) is 0 Å². The first-order valence-electron chi connectivity index (χ1n) is 13.8. The van der Waals surface area contributed by atoms with Crippen molar-refractivity contribution in [3.8, 4) is 0 Å². The first-order chi connectivity index (χ1) is 15.1. The highest BCUT2D eigenvalue weighted by Crippen LogP contribution is 2.69. The maximum absolute atomic E-state index is 10.6. The molecule has 1 aliphatic heterocycles. The maximum Gasteiger partial charge on any atom is 0.192 e. The van der Waals surface area contributed by atoms with E-state index in [4.69, 9.17) is 13.9 Å². The van der Waals surface area contributed by atoms with Gasteiger partial charge in [-0.05, 0) is 111 Å². The van der Waals surface area contributed by atoms with Gasteiger partial charge >= 0.3 is 0 Å². The van der Waals surface area contributed by atoms with E-state index < -0.39 is 14.1 Å². The summed E-state index contributed by atoms with van der Waals surface area (Å²) in [4.78, 5) is 0. The van der Waals surface area contributed by atoms with Gasteiger partial charge in [0.15, 0.2) is 14.1 Å². The molecule has 5 aliphatic rings. The van der Waals surface area contributed by atoms with Gasteiger partial charge in [-0.3, -0.25) is 0 Å². The molecule has 10 atom stereocenters. The van der Waals surface area contributed by atoms with Crippen LogP contribution in [0, 0.1) is 34.5 Å². The molecule has 0 spiro atoms. The molecule has 0 aromatic heterocycles. The monoisotopic (exact) mass is 478 g/mol. The number of hydrogen-bond acceptors (Lipinski definition) is 4. The number of fused-ring (bicyclic) bond motifs is 8. The summed E-state index contributed by atoms with van der Waals surface area (Å²) in [6.45, 7) is 21.2. The van der Waals surface area contributed by atoms with E-state index in [-0.39, 0.29) is 34.2 Å². The van der Waals surface area contributed by atoms with Crippen molar-refractivity contribution in [2.75, 3.05) is 0 Å². The Bertz CT molecular complexity index is 774. The molecule has 5 fully saturated rings. The van der Waals surface area contributed by atoms with Crippen molar-refractivity contribution in [1.82, 2.24) is 0 Å².